The molecule has 18 heavy (non-hydrogen) atoms. The molecule has 1 atom stereocenters. The van der Waals surface area contributed by atoms with Gasteiger partial charge in [0.15, 0.2) is 0 Å². The highest BCUT2D eigenvalue weighted by Gasteiger charge is 2.22. The van der Waals surface area contributed by atoms with Gasteiger partial charge in [0.1, 0.15) is 0 Å². The molecule has 0 aromatic carbocycles. The van der Waals surface area contributed by atoms with Crippen molar-refractivity contribution in [2.24, 2.45) is 0 Å². The number of aliphatic hydroxyl groups is 1. The van der Waals surface area contributed by atoms with Crippen molar-refractivity contribution in [2.75, 3.05) is 6.54 Å². The maximum absolute atomic E-state index is 10.4. The molecule has 4 nitrogen and oxygen atoms in total. The molecule has 0 amide bonds. The van der Waals surface area contributed by atoms with E-state index in [0.29, 0.717) is 12.5 Å². The van der Waals surface area contributed by atoms with Crippen LogP contribution in [0.15, 0.2) is 6.07 Å². The number of hydrogen-bond donors (Lipinski definition) is 2. The summed E-state index contributed by atoms with van der Waals surface area (Å²) >= 11 is 0. The molecule has 1 heterocycles. The molecule has 0 aliphatic rings. The fraction of sp³-hybridized carbons (Fsp3) is 0.786. The predicted molar refractivity (Wildman–Crippen MR) is 74.7 cm³/mol. The second kappa shape index (κ2) is 6.34. The fourth-order valence-electron chi connectivity index (χ4n) is 2.12. The lowest BCUT2D eigenvalue weighted by Crippen LogP contribution is -2.35. The summed E-state index contributed by atoms with van der Waals surface area (Å²) in [6.07, 6.45) is 1.40. The van der Waals surface area contributed by atoms with Crippen LogP contribution in [0.4, 0.5) is 0 Å². The van der Waals surface area contributed by atoms with Gasteiger partial charge >= 0.3 is 0 Å². The molecule has 1 unspecified atom stereocenters. The molecular formula is C14H27N3O. The molecule has 0 saturated heterocycles. The number of rotatable bonds is 7. The van der Waals surface area contributed by atoms with Gasteiger partial charge in [-0.15, -0.1) is 0 Å². The van der Waals surface area contributed by atoms with Gasteiger partial charge < -0.3 is 10.4 Å². The van der Waals surface area contributed by atoms with E-state index in [-0.39, 0.29) is 0 Å². The zero-order valence-electron chi connectivity index (χ0n) is 12.3. The first kappa shape index (κ1) is 15.2. The molecule has 0 saturated carbocycles. The highest BCUT2D eigenvalue weighted by atomic mass is 16.3. The van der Waals surface area contributed by atoms with E-state index >= 15 is 0 Å². The van der Waals surface area contributed by atoms with Gasteiger partial charge in [-0.2, -0.15) is 5.10 Å². The summed E-state index contributed by atoms with van der Waals surface area (Å²) in [5.74, 6) is 0. The Bertz CT molecular complexity index is 369. The monoisotopic (exact) mass is 253 g/mol. The maximum atomic E-state index is 10.4. The summed E-state index contributed by atoms with van der Waals surface area (Å²) in [5.41, 5.74) is 1.45. The minimum absolute atomic E-state index is 0.462. The van der Waals surface area contributed by atoms with E-state index in [1.54, 1.807) is 0 Å². The van der Waals surface area contributed by atoms with Crippen LogP contribution in [-0.4, -0.2) is 33.1 Å². The molecule has 1 aromatic rings. The Kier molecular flexibility index (Phi) is 5.35. The minimum Gasteiger partial charge on any atom is -0.390 e. The first-order chi connectivity index (χ1) is 8.34. The van der Waals surface area contributed by atoms with Gasteiger partial charge in [-0.25, -0.2) is 0 Å². The number of nitrogens with one attached hydrogen (secondary N) is 1. The summed E-state index contributed by atoms with van der Waals surface area (Å²) in [5, 5.41) is 18.2. The van der Waals surface area contributed by atoms with Crippen LogP contribution in [0.3, 0.4) is 0 Å². The number of aryl methyl sites for hydroxylation is 2. The molecule has 2 N–H and O–H groups in total. The second-order valence-electron chi connectivity index (χ2n) is 5.63. The van der Waals surface area contributed by atoms with Crippen molar-refractivity contribution in [3.05, 3.63) is 17.5 Å². The van der Waals surface area contributed by atoms with Gasteiger partial charge in [-0.3, -0.25) is 4.68 Å². The second-order valence-corrected chi connectivity index (χ2v) is 5.63. The molecule has 0 aliphatic heterocycles. The Hall–Kier alpha value is -0.870. The smallest absolute Gasteiger partial charge is 0.0686 e. The Labute approximate surface area is 110 Å². The van der Waals surface area contributed by atoms with Gasteiger partial charge in [0, 0.05) is 24.7 Å². The van der Waals surface area contributed by atoms with Crippen LogP contribution in [0.1, 0.15) is 45.5 Å². The van der Waals surface area contributed by atoms with E-state index in [0.717, 1.165) is 30.9 Å². The normalized spacial score (nSPS) is 15.1. The fourth-order valence-corrected chi connectivity index (χ4v) is 2.12. The standard InChI is InChI=1S/C14H27N3O/c1-6-17-13(9-12(4)16-17)10-14(5,18)7-8-15-11(2)3/h9,11,15,18H,6-8,10H2,1-5H3. The molecule has 104 valence electrons. The molecule has 0 radical (unpaired) electrons. The molecule has 4 heteroatoms. The van der Waals surface area contributed by atoms with Crippen LogP contribution in [0, 0.1) is 6.92 Å². The third kappa shape index (κ3) is 4.78. The average molecular weight is 253 g/mol. The summed E-state index contributed by atoms with van der Waals surface area (Å²) in [7, 11) is 0. The van der Waals surface area contributed by atoms with Crippen LogP contribution < -0.4 is 5.32 Å². The molecule has 0 bridgehead atoms. The largest absolute Gasteiger partial charge is 0.390 e. The number of nitrogens with zero attached hydrogens (tertiary/aromatic N) is 2. The van der Waals surface area contributed by atoms with Crippen molar-refractivity contribution in [1.29, 1.82) is 0 Å². The van der Waals surface area contributed by atoms with Crippen molar-refractivity contribution in [3.63, 3.8) is 0 Å². The number of hydrogen-bond acceptors (Lipinski definition) is 3. The highest BCUT2D eigenvalue weighted by molar-refractivity contribution is 5.11. The van der Waals surface area contributed by atoms with Crippen LogP contribution in [0.5, 0.6) is 0 Å². The Morgan fingerprint density at radius 1 is 1.50 bits per heavy atom. The first-order valence-corrected chi connectivity index (χ1v) is 6.83. The van der Waals surface area contributed by atoms with Gasteiger partial charge in [-0.1, -0.05) is 13.8 Å². The van der Waals surface area contributed by atoms with Crippen molar-refractivity contribution in [1.82, 2.24) is 15.1 Å². The van der Waals surface area contributed by atoms with Gasteiger partial charge in [0.25, 0.3) is 0 Å². The predicted octanol–water partition coefficient (Wildman–Crippen LogP) is 1.89. The molecule has 1 rings (SSSR count). The van der Waals surface area contributed by atoms with E-state index in [1.165, 1.54) is 0 Å². The topological polar surface area (TPSA) is 50.1 Å². The third-order valence-corrected chi connectivity index (χ3v) is 3.06. The molecular weight excluding hydrogens is 226 g/mol. The lowest BCUT2D eigenvalue weighted by molar-refractivity contribution is 0.0490. The molecule has 0 fully saturated rings. The van der Waals surface area contributed by atoms with Crippen LogP contribution in [0.2, 0.25) is 0 Å². The van der Waals surface area contributed by atoms with Crippen LogP contribution >= 0.6 is 0 Å². The zero-order chi connectivity index (χ0) is 13.8. The first-order valence-electron chi connectivity index (χ1n) is 6.83. The van der Waals surface area contributed by atoms with E-state index in [4.69, 9.17) is 0 Å². The van der Waals surface area contributed by atoms with E-state index in [9.17, 15) is 5.11 Å². The Morgan fingerprint density at radius 2 is 2.17 bits per heavy atom. The van der Waals surface area contributed by atoms with E-state index in [1.807, 2.05) is 18.5 Å². The molecule has 0 spiro atoms. The zero-order valence-corrected chi connectivity index (χ0v) is 12.3. The lowest BCUT2D eigenvalue weighted by atomic mass is 9.96. The number of aromatic nitrogens is 2. The average Bonchev–Trinajstić information content (AvgIpc) is 2.56. The summed E-state index contributed by atoms with van der Waals surface area (Å²) in [6, 6.07) is 2.53. The van der Waals surface area contributed by atoms with Gasteiger partial charge in [-0.05, 0) is 39.8 Å². The van der Waals surface area contributed by atoms with E-state index < -0.39 is 5.60 Å². The Morgan fingerprint density at radius 3 is 2.72 bits per heavy atom. The lowest BCUT2D eigenvalue weighted by Gasteiger charge is -2.24. The maximum Gasteiger partial charge on any atom is 0.0686 e. The summed E-state index contributed by atoms with van der Waals surface area (Å²) in [6.45, 7) is 11.9. The van der Waals surface area contributed by atoms with Crippen molar-refractivity contribution >= 4 is 0 Å². The van der Waals surface area contributed by atoms with Crippen molar-refractivity contribution in [3.8, 4) is 0 Å². The van der Waals surface area contributed by atoms with Crippen molar-refractivity contribution in [2.45, 2.75) is 65.6 Å². The van der Waals surface area contributed by atoms with Crippen molar-refractivity contribution < 1.29 is 5.11 Å². The quantitative estimate of drug-likeness (QED) is 0.780. The van der Waals surface area contributed by atoms with Gasteiger partial charge in [0.2, 0.25) is 0 Å². The van der Waals surface area contributed by atoms with E-state index in [2.05, 4.69) is 37.3 Å². The SMILES string of the molecule is CCn1nc(C)cc1CC(C)(O)CCNC(C)C. The van der Waals surface area contributed by atoms with Gasteiger partial charge in [0.05, 0.1) is 11.3 Å². The summed E-state index contributed by atoms with van der Waals surface area (Å²) in [4.78, 5) is 0. The molecule has 0 aliphatic carbocycles. The molecule has 1 aromatic heterocycles. The third-order valence-electron chi connectivity index (χ3n) is 3.06. The minimum atomic E-state index is -0.679. The van der Waals surface area contributed by atoms with Crippen LogP contribution in [0.25, 0.3) is 0 Å². The summed E-state index contributed by atoms with van der Waals surface area (Å²) < 4.78 is 1.97. The Balaban J connectivity index is 2.58. The highest BCUT2D eigenvalue weighted by Crippen LogP contribution is 2.17. The van der Waals surface area contributed by atoms with Crippen LogP contribution in [-0.2, 0) is 13.0 Å².